The molecule has 0 saturated heterocycles. The first-order valence-electron chi connectivity index (χ1n) is 8.91. The number of hydrogen-bond donors (Lipinski definition) is 1. The summed E-state index contributed by atoms with van der Waals surface area (Å²) in [6.45, 7) is 1.09. The molecular formula is C20H19ClN2O4S. The molecule has 8 heteroatoms. The van der Waals surface area contributed by atoms with E-state index in [0.717, 1.165) is 36.1 Å². The third-order valence-electron chi connectivity index (χ3n) is 4.34. The fraction of sp³-hybridized carbons (Fsp3) is 0.350. The van der Waals surface area contributed by atoms with Crippen molar-refractivity contribution >= 4 is 39.8 Å². The van der Waals surface area contributed by atoms with Gasteiger partial charge in [-0.15, -0.1) is 11.3 Å². The molecule has 1 heterocycles. The van der Waals surface area contributed by atoms with Gasteiger partial charge in [0.1, 0.15) is 16.8 Å². The van der Waals surface area contributed by atoms with Crippen LogP contribution in [0.15, 0.2) is 24.3 Å². The second kappa shape index (κ2) is 9.09. The van der Waals surface area contributed by atoms with Crippen molar-refractivity contribution in [3.8, 4) is 11.8 Å². The Bertz CT molecular complexity index is 918. The van der Waals surface area contributed by atoms with Crippen LogP contribution >= 0.6 is 22.9 Å². The molecule has 0 unspecified atom stereocenters. The number of thiophene rings is 1. The van der Waals surface area contributed by atoms with Gasteiger partial charge in [-0.3, -0.25) is 4.79 Å². The highest BCUT2D eigenvalue weighted by Gasteiger charge is 2.23. The van der Waals surface area contributed by atoms with Crippen LogP contribution in [0.5, 0.6) is 5.75 Å². The summed E-state index contributed by atoms with van der Waals surface area (Å²) >= 11 is 7.23. The number of ether oxygens (including phenoxy) is 2. The van der Waals surface area contributed by atoms with Crippen molar-refractivity contribution < 1.29 is 19.1 Å². The van der Waals surface area contributed by atoms with Gasteiger partial charge in [0.05, 0.1) is 5.56 Å². The number of anilines is 1. The van der Waals surface area contributed by atoms with Crippen molar-refractivity contribution in [1.82, 2.24) is 0 Å². The molecule has 146 valence electrons. The summed E-state index contributed by atoms with van der Waals surface area (Å²) in [7, 11) is 0. The number of nitrogens with zero attached hydrogens (tertiary/aromatic N) is 1. The number of benzene rings is 1. The summed E-state index contributed by atoms with van der Waals surface area (Å²) in [5, 5.41) is 13.2. The minimum Gasteiger partial charge on any atom is -0.479 e. The Morgan fingerprint density at radius 3 is 2.71 bits per heavy atom. The molecule has 3 rings (SSSR count). The number of nitrogens with one attached hydrogen (secondary N) is 1. The Labute approximate surface area is 172 Å². The molecule has 1 aromatic heterocycles. The van der Waals surface area contributed by atoms with E-state index in [0.29, 0.717) is 21.3 Å². The topological polar surface area (TPSA) is 88.4 Å². The predicted octanol–water partition coefficient (Wildman–Crippen LogP) is 4.10. The number of hydrogen-bond acceptors (Lipinski definition) is 6. The highest BCUT2D eigenvalue weighted by atomic mass is 35.5. The molecule has 0 fully saturated rings. The first-order chi connectivity index (χ1) is 13.5. The molecule has 0 aliphatic heterocycles. The van der Waals surface area contributed by atoms with Gasteiger partial charge in [-0.25, -0.2) is 4.79 Å². The second-order valence-corrected chi connectivity index (χ2v) is 7.94. The number of esters is 1. The number of carbonyl (C=O) groups is 2. The SMILES string of the molecule is C[C@H](Oc1ccc(Cl)cc1)C(=O)OCC(=O)Nc1sc2c(c1C#N)CCCC2. The van der Waals surface area contributed by atoms with E-state index in [-0.39, 0.29) is 0 Å². The van der Waals surface area contributed by atoms with Gasteiger partial charge in [0.25, 0.3) is 5.91 Å². The zero-order chi connectivity index (χ0) is 20.1. The summed E-state index contributed by atoms with van der Waals surface area (Å²) in [5.74, 6) is -0.667. The van der Waals surface area contributed by atoms with Crippen molar-refractivity contribution in [3.63, 3.8) is 0 Å². The summed E-state index contributed by atoms with van der Waals surface area (Å²) in [6.07, 6.45) is 3.06. The number of amides is 1. The van der Waals surface area contributed by atoms with E-state index < -0.39 is 24.6 Å². The Kier molecular flexibility index (Phi) is 6.55. The monoisotopic (exact) mass is 418 g/mol. The van der Waals surface area contributed by atoms with E-state index >= 15 is 0 Å². The van der Waals surface area contributed by atoms with Crippen LogP contribution in [0.4, 0.5) is 5.00 Å². The van der Waals surface area contributed by atoms with Gasteiger partial charge in [-0.05, 0) is 62.4 Å². The highest BCUT2D eigenvalue weighted by Crippen LogP contribution is 2.37. The van der Waals surface area contributed by atoms with Crippen LogP contribution < -0.4 is 10.1 Å². The van der Waals surface area contributed by atoms with Crippen molar-refractivity contribution in [2.75, 3.05) is 11.9 Å². The Morgan fingerprint density at radius 2 is 2.00 bits per heavy atom. The van der Waals surface area contributed by atoms with Crippen molar-refractivity contribution in [2.45, 2.75) is 38.7 Å². The zero-order valence-corrected chi connectivity index (χ0v) is 16.9. The van der Waals surface area contributed by atoms with E-state index in [2.05, 4.69) is 11.4 Å². The zero-order valence-electron chi connectivity index (χ0n) is 15.3. The highest BCUT2D eigenvalue weighted by molar-refractivity contribution is 7.16. The molecule has 0 spiro atoms. The van der Waals surface area contributed by atoms with Crippen LogP contribution in [0.25, 0.3) is 0 Å². The first kappa shape index (κ1) is 20.2. The molecular weight excluding hydrogens is 400 g/mol. The lowest BCUT2D eigenvalue weighted by Crippen LogP contribution is -2.29. The fourth-order valence-corrected chi connectivity index (χ4v) is 4.34. The molecule has 0 bridgehead atoms. The smallest absolute Gasteiger partial charge is 0.347 e. The lowest BCUT2D eigenvalue weighted by Gasteiger charge is -2.14. The minimum atomic E-state index is -0.877. The minimum absolute atomic E-state index is 0.444. The molecule has 0 radical (unpaired) electrons. The second-order valence-electron chi connectivity index (χ2n) is 6.40. The van der Waals surface area contributed by atoms with Crippen molar-refractivity contribution in [3.05, 3.63) is 45.3 Å². The molecule has 2 aromatic rings. The van der Waals surface area contributed by atoms with Gasteiger partial charge in [0.15, 0.2) is 12.7 Å². The first-order valence-corrected chi connectivity index (χ1v) is 10.1. The predicted molar refractivity (Wildman–Crippen MR) is 107 cm³/mol. The average molecular weight is 419 g/mol. The van der Waals surface area contributed by atoms with Crippen LogP contribution in [0.2, 0.25) is 5.02 Å². The maximum absolute atomic E-state index is 12.2. The maximum Gasteiger partial charge on any atom is 0.347 e. The Morgan fingerprint density at radius 1 is 1.29 bits per heavy atom. The van der Waals surface area contributed by atoms with Crippen LogP contribution in [0.1, 0.15) is 35.8 Å². The van der Waals surface area contributed by atoms with Gasteiger partial charge in [-0.2, -0.15) is 5.26 Å². The quantitative estimate of drug-likeness (QED) is 0.713. The van der Waals surface area contributed by atoms with Crippen LogP contribution in [-0.4, -0.2) is 24.6 Å². The van der Waals surface area contributed by atoms with Crippen LogP contribution in [-0.2, 0) is 27.2 Å². The number of halogens is 1. The fourth-order valence-electron chi connectivity index (χ4n) is 2.95. The van der Waals surface area contributed by atoms with Gasteiger partial charge >= 0.3 is 5.97 Å². The third-order valence-corrected chi connectivity index (χ3v) is 5.80. The number of fused-ring (bicyclic) bond motifs is 1. The van der Waals surface area contributed by atoms with Crippen molar-refractivity contribution in [1.29, 1.82) is 5.26 Å². The summed E-state index contributed by atoms with van der Waals surface area (Å²) in [6, 6.07) is 8.76. The molecule has 1 amide bonds. The van der Waals surface area contributed by atoms with E-state index in [1.165, 1.54) is 18.3 Å². The number of carbonyl (C=O) groups excluding carboxylic acids is 2. The van der Waals surface area contributed by atoms with E-state index in [1.807, 2.05) is 0 Å². The maximum atomic E-state index is 12.2. The van der Waals surface area contributed by atoms with E-state index in [9.17, 15) is 14.9 Å². The van der Waals surface area contributed by atoms with Crippen LogP contribution in [0.3, 0.4) is 0 Å². The van der Waals surface area contributed by atoms with Gasteiger partial charge in [0, 0.05) is 9.90 Å². The molecule has 28 heavy (non-hydrogen) atoms. The lowest BCUT2D eigenvalue weighted by molar-refractivity contribution is -0.153. The van der Waals surface area contributed by atoms with E-state index in [4.69, 9.17) is 21.1 Å². The summed E-state index contributed by atoms with van der Waals surface area (Å²) in [5.41, 5.74) is 1.56. The Balaban J connectivity index is 1.53. The largest absolute Gasteiger partial charge is 0.479 e. The molecule has 1 aliphatic carbocycles. The molecule has 6 nitrogen and oxygen atoms in total. The number of rotatable bonds is 6. The standard InChI is InChI=1S/C20H19ClN2O4S/c1-12(27-14-8-6-13(21)7-9-14)20(25)26-11-18(24)23-19-16(10-22)15-4-2-3-5-17(15)28-19/h6-9,12H,2-5,11H2,1H3,(H,23,24)/t12-/m0/s1. The molecule has 1 atom stereocenters. The normalized spacial score (nSPS) is 13.8. The average Bonchev–Trinajstić information content (AvgIpc) is 3.04. The summed E-state index contributed by atoms with van der Waals surface area (Å²) in [4.78, 5) is 25.4. The van der Waals surface area contributed by atoms with Crippen LogP contribution in [0, 0.1) is 11.3 Å². The number of aryl methyl sites for hydroxylation is 1. The van der Waals surface area contributed by atoms with Gasteiger partial charge in [-0.1, -0.05) is 11.6 Å². The molecule has 1 aromatic carbocycles. The van der Waals surface area contributed by atoms with Gasteiger partial charge < -0.3 is 14.8 Å². The Hall–Kier alpha value is -2.56. The third kappa shape index (κ3) is 4.83. The number of nitriles is 1. The van der Waals surface area contributed by atoms with E-state index in [1.54, 1.807) is 24.3 Å². The van der Waals surface area contributed by atoms with Crippen molar-refractivity contribution in [2.24, 2.45) is 0 Å². The van der Waals surface area contributed by atoms with Gasteiger partial charge in [0.2, 0.25) is 0 Å². The molecule has 1 N–H and O–H groups in total. The lowest BCUT2D eigenvalue weighted by atomic mass is 9.96. The molecule has 1 aliphatic rings. The molecule has 0 saturated carbocycles. The summed E-state index contributed by atoms with van der Waals surface area (Å²) < 4.78 is 10.5.